The lowest BCUT2D eigenvalue weighted by atomic mass is 9.94. The number of ether oxygens (including phenoxy) is 1. The van der Waals surface area contributed by atoms with Gasteiger partial charge in [-0.25, -0.2) is 4.79 Å². The van der Waals surface area contributed by atoms with E-state index in [9.17, 15) is 19.2 Å². The van der Waals surface area contributed by atoms with Gasteiger partial charge in [-0.1, -0.05) is 30.9 Å². The lowest BCUT2D eigenvalue weighted by molar-refractivity contribution is -0.140. The second-order valence-corrected chi connectivity index (χ2v) is 8.56. The van der Waals surface area contributed by atoms with Gasteiger partial charge in [0.15, 0.2) is 0 Å². The third-order valence-electron chi connectivity index (χ3n) is 5.98. The fourth-order valence-electron chi connectivity index (χ4n) is 4.16. The number of anilines is 2. The van der Waals surface area contributed by atoms with Crippen LogP contribution in [0.25, 0.3) is 0 Å². The quantitative estimate of drug-likeness (QED) is 0.471. The molecule has 0 aromatic heterocycles. The lowest BCUT2D eigenvalue weighted by Gasteiger charge is -2.29. The Balaban J connectivity index is 1.40. The third-order valence-corrected chi connectivity index (χ3v) is 6.33. The number of nitrogens with zero attached hydrogens (tertiary/aromatic N) is 1. The predicted molar refractivity (Wildman–Crippen MR) is 127 cm³/mol. The van der Waals surface area contributed by atoms with Gasteiger partial charge in [-0.05, 0) is 61.4 Å². The Kier molecular flexibility index (Phi) is 6.98. The Labute approximate surface area is 201 Å². The molecule has 9 heteroatoms. The predicted octanol–water partition coefficient (Wildman–Crippen LogP) is 4.29. The minimum absolute atomic E-state index is 0.0557. The number of hydrogen-bond acceptors (Lipinski definition) is 6. The van der Waals surface area contributed by atoms with Crippen molar-refractivity contribution >= 4 is 46.7 Å². The highest BCUT2D eigenvalue weighted by Crippen LogP contribution is 2.32. The Morgan fingerprint density at radius 2 is 1.47 bits per heavy atom. The van der Waals surface area contributed by atoms with E-state index in [1.807, 2.05) is 0 Å². The monoisotopic (exact) mass is 481 g/mol. The minimum Gasteiger partial charge on any atom is -0.465 e. The number of carbonyl (C=O) groups is 4. The molecule has 2 aliphatic rings. The van der Waals surface area contributed by atoms with Crippen molar-refractivity contribution in [3.05, 3.63) is 70.4 Å². The molecule has 34 heavy (non-hydrogen) atoms. The van der Waals surface area contributed by atoms with Crippen LogP contribution in [-0.4, -0.2) is 41.7 Å². The van der Waals surface area contributed by atoms with Crippen LogP contribution >= 0.6 is 11.6 Å². The maximum absolute atomic E-state index is 12.9. The summed E-state index contributed by atoms with van der Waals surface area (Å²) in [5.41, 5.74) is 1.87. The Hall–Kier alpha value is -3.65. The molecule has 2 N–H and O–H groups in total. The van der Waals surface area contributed by atoms with E-state index in [4.69, 9.17) is 11.6 Å². The molecule has 0 atom stereocenters. The van der Waals surface area contributed by atoms with Crippen LogP contribution in [0.2, 0.25) is 0 Å². The number of amides is 3. The van der Waals surface area contributed by atoms with Gasteiger partial charge in [0.05, 0.1) is 12.7 Å². The van der Waals surface area contributed by atoms with E-state index in [0.29, 0.717) is 22.5 Å². The van der Waals surface area contributed by atoms with Gasteiger partial charge in [0.2, 0.25) is 0 Å². The highest BCUT2D eigenvalue weighted by Gasteiger charge is 2.42. The van der Waals surface area contributed by atoms with E-state index in [0.717, 1.165) is 32.1 Å². The molecule has 2 aromatic rings. The van der Waals surface area contributed by atoms with Gasteiger partial charge < -0.3 is 15.4 Å². The van der Waals surface area contributed by atoms with Crippen molar-refractivity contribution in [2.45, 2.75) is 38.1 Å². The van der Waals surface area contributed by atoms with Crippen molar-refractivity contribution in [2.24, 2.45) is 0 Å². The summed E-state index contributed by atoms with van der Waals surface area (Å²) in [6.45, 7) is 0. The average molecular weight is 482 g/mol. The Bertz CT molecular complexity index is 1150. The zero-order valence-corrected chi connectivity index (χ0v) is 19.4. The molecule has 2 aromatic carbocycles. The average Bonchev–Trinajstić information content (AvgIpc) is 3.07. The number of imide groups is 1. The summed E-state index contributed by atoms with van der Waals surface area (Å²) in [6.07, 6.45) is 4.67. The third kappa shape index (κ3) is 4.82. The van der Waals surface area contributed by atoms with Crippen molar-refractivity contribution in [3.63, 3.8) is 0 Å². The van der Waals surface area contributed by atoms with E-state index in [1.54, 1.807) is 48.5 Å². The maximum atomic E-state index is 12.9. The van der Waals surface area contributed by atoms with Gasteiger partial charge in [-0.15, -0.1) is 0 Å². The van der Waals surface area contributed by atoms with Crippen LogP contribution in [0, 0.1) is 0 Å². The zero-order valence-electron chi connectivity index (χ0n) is 18.6. The lowest BCUT2D eigenvalue weighted by Crippen LogP contribution is -2.42. The molecule has 0 radical (unpaired) electrons. The van der Waals surface area contributed by atoms with E-state index in [2.05, 4.69) is 15.4 Å². The van der Waals surface area contributed by atoms with Gasteiger partial charge >= 0.3 is 5.97 Å². The minimum atomic E-state index is -0.463. The van der Waals surface area contributed by atoms with Crippen LogP contribution in [0.15, 0.2) is 59.3 Å². The fraction of sp³-hybridized carbons (Fsp3) is 0.280. The number of halogens is 1. The molecule has 0 unspecified atom stereocenters. The first kappa shape index (κ1) is 23.5. The second-order valence-electron chi connectivity index (χ2n) is 8.19. The molecular formula is C25H24ClN3O5. The molecule has 4 rings (SSSR count). The summed E-state index contributed by atoms with van der Waals surface area (Å²) in [4.78, 5) is 50.8. The van der Waals surface area contributed by atoms with Crippen molar-refractivity contribution in [2.75, 3.05) is 17.7 Å². The summed E-state index contributed by atoms with van der Waals surface area (Å²) in [5, 5.41) is 5.57. The molecule has 8 nitrogen and oxygen atoms in total. The molecule has 1 heterocycles. The van der Waals surface area contributed by atoms with Crippen molar-refractivity contribution in [3.8, 4) is 0 Å². The first-order chi connectivity index (χ1) is 16.4. The van der Waals surface area contributed by atoms with Gasteiger partial charge in [0.1, 0.15) is 10.7 Å². The molecule has 0 bridgehead atoms. The number of carbonyl (C=O) groups excluding carboxylic acids is 4. The highest BCUT2D eigenvalue weighted by atomic mass is 35.5. The normalized spacial score (nSPS) is 16.6. The standard InChI is InChI=1S/C25H24ClN3O5/c1-34-25(33)16-9-13-18(14-10-16)28-22(30)15-7-11-17(12-8-15)27-21-20(26)23(31)29(24(21)32)19-5-3-2-4-6-19/h7-14,19,27H,2-6H2,1H3,(H,28,30). The van der Waals surface area contributed by atoms with Gasteiger partial charge in [-0.3, -0.25) is 19.3 Å². The largest absolute Gasteiger partial charge is 0.465 e. The molecule has 0 saturated heterocycles. The van der Waals surface area contributed by atoms with E-state index >= 15 is 0 Å². The molecule has 1 saturated carbocycles. The number of nitrogens with one attached hydrogen (secondary N) is 2. The molecular weight excluding hydrogens is 458 g/mol. The van der Waals surface area contributed by atoms with Crippen LogP contribution in [0.4, 0.5) is 11.4 Å². The molecule has 3 amide bonds. The number of methoxy groups -OCH3 is 1. The van der Waals surface area contributed by atoms with Crippen LogP contribution in [0.1, 0.15) is 52.8 Å². The van der Waals surface area contributed by atoms with Crippen LogP contribution < -0.4 is 10.6 Å². The topological polar surface area (TPSA) is 105 Å². The van der Waals surface area contributed by atoms with Crippen molar-refractivity contribution in [1.82, 2.24) is 4.90 Å². The van der Waals surface area contributed by atoms with Gasteiger partial charge in [0, 0.05) is 23.0 Å². The smallest absolute Gasteiger partial charge is 0.337 e. The summed E-state index contributed by atoms with van der Waals surface area (Å²) in [7, 11) is 1.30. The van der Waals surface area contributed by atoms with E-state index in [-0.39, 0.29) is 22.7 Å². The summed E-state index contributed by atoms with van der Waals surface area (Å²) in [5.74, 6) is -1.68. The van der Waals surface area contributed by atoms with Crippen LogP contribution in [0.3, 0.4) is 0 Å². The van der Waals surface area contributed by atoms with Crippen molar-refractivity contribution < 1.29 is 23.9 Å². The fourth-order valence-corrected chi connectivity index (χ4v) is 4.38. The maximum Gasteiger partial charge on any atom is 0.337 e. The summed E-state index contributed by atoms with van der Waals surface area (Å²) >= 11 is 6.21. The van der Waals surface area contributed by atoms with Gasteiger partial charge in [0.25, 0.3) is 17.7 Å². The number of rotatable bonds is 6. The van der Waals surface area contributed by atoms with E-state index < -0.39 is 17.8 Å². The number of esters is 1. The van der Waals surface area contributed by atoms with Crippen LogP contribution in [-0.2, 0) is 14.3 Å². The van der Waals surface area contributed by atoms with Crippen molar-refractivity contribution in [1.29, 1.82) is 0 Å². The molecule has 0 spiro atoms. The second kappa shape index (κ2) is 10.1. The molecule has 1 fully saturated rings. The summed E-state index contributed by atoms with van der Waals surface area (Å²) in [6, 6.07) is 12.7. The Morgan fingerprint density at radius 1 is 0.882 bits per heavy atom. The summed E-state index contributed by atoms with van der Waals surface area (Å²) < 4.78 is 4.65. The van der Waals surface area contributed by atoms with E-state index in [1.165, 1.54) is 12.0 Å². The zero-order chi connectivity index (χ0) is 24.2. The number of hydrogen-bond donors (Lipinski definition) is 2. The molecule has 176 valence electrons. The van der Waals surface area contributed by atoms with Gasteiger partial charge in [-0.2, -0.15) is 0 Å². The molecule has 1 aliphatic heterocycles. The SMILES string of the molecule is COC(=O)c1ccc(NC(=O)c2ccc(NC3=C(Cl)C(=O)N(C4CCCCC4)C3=O)cc2)cc1. The first-order valence-electron chi connectivity index (χ1n) is 11.0. The molecule has 1 aliphatic carbocycles. The first-order valence-corrected chi connectivity index (χ1v) is 11.4. The highest BCUT2D eigenvalue weighted by molar-refractivity contribution is 6.48. The number of benzene rings is 2. The van der Waals surface area contributed by atoms with Crippen LogP contribution in [0.5, 0.6) is 0 Å². The Morgan fingerprint density at radius 3 is 2.09 bits per heavy atom.